The summed E-state index contributed by atoms with van der Waals surface area (Å²) in [7, 11) is 0. The van der Waals surface area contributed by atoms with E-state index < -0.39 is 41.1 Å². The zero-order valence-corrected chi connectivity index (χ0v) is 19.7. The van der Waals surface area contributed by atoms with E-state index in [2.05, 4.69) is 5.32 Å². The molecule has 35 heavy (non-hydrogen) atoms. The number of carbonyl (C=O) groups is 3. The van der Waals surface area contributed by atoms with E-state index in [1.807, 2.05) is 48.5 Å². The quantitative estimate of drug-likeness (QED) is 0.552. The van der Waals surface area contributed by atoms with Crippen LogP contribution in [0.15, 0.2) is 48.5 Å². The molecule has 0 aromatic heterocycles. The van der Waals surface area contributed by atoms with Gasteiger partial charge in [-0.15, -0.1) is 0 Å². The lowest BCUT2D eigenvalue weighted by Gasteiger charge is -2.34. The number of carboxylic acid groups (broad SMARTS) is 1. The molecule has 2 atom stereocenters. The monoisotopic (exact) mass is 492 g/mol. The summed E-state index contributed by atoms with van der Waals surface area (Å²) in [6.45, 7) is 4.85. The highest BCUT2D eigenvalue weighted by molar-refractivity contribution is 5.92. The Morgan fingerprint density at radius 1 is 0.943 bits per heavy atom. The van der Waals surface area contributed by atoms with E-state index in [1.54, 1.807) is 0 Å². The Labute approximate surface area is 200 Å². The lowest BCUT2D eigenvalue weighted by Crippen LogP contribution is -2.66. The molecule has 0 saturated heterocycles. The number of amides is 2. The van der Waals surface area contributed by atoms with E-state index in [-0.39, 0.29) is 12.5 Å². The highest BCUT2D eigenvalue weighted by Gasteiger charge is 2.59. The van der Waals surface area contributed by atoms with Gasteiger partial charge < -0.3 is 20.5 Å². The van der Waals surface area contributed by atoms with Gasteiger partial charge in [-0.25, -0.2) is 9.59 Å². The highest BCUT2D eigenvalue weighted by Crippen LogP contribution is 2.44. The zero-order valence-electron chi connectivity index (χ0n) is 19.7. The molecule has 3 rings (SSSR count). The summed E-state index contributed by atoms with van der Waals surface area (Å²) in [6.07, 6.45) is -6.27. The smallest absolute Gasteiger partial charge is 0.422 e. The summed E-state index contributed by atoms with van der Waals surface area (Å²) >= 11 is 0. The molecule has 0 radical (unpaired) electrons. The van der Waals surface area contributed by atoms with E-state index in [4.69, 9.17) is 9.84 Å². The maximum absolute atomic E-state index is 13.4. The van der Waals surface area contributed by atoms with Crippen molar-refractivity contribution in [3.63, 3.8) is 0 Å². The van der Waals surface area contributed by atoms with Gasteiger partial charge >= 0.3 is 18.2 Å². The normalized spacial score (nSPS) is 15.9. The molecule has 10 heteroatoms. The molecule has 1 aliphatic rings. The summed E-state index contributed by atoms with van der Waals surface area (Å²) in [5.41, 5.74) is -0.617. The van der Waals surface area contributed by atoms with Gasteiger partial charge in [0, 0.05) is 5.92 Å². The molecule has 2 aromatic carbocycles. The van der Waals surface area contributed by atoms with Crippen molar-refractivity contribution in [2.24, 2.45) is 5.41 Å². The topological polar surface area (TPSA) is 105 Å². The van der Waals surface area contributed by atoms with Crippen LogP contribution in [0.2, 0.25) is 0 Å². The molecule has 0 heterocycles. The number of alkyl carbamates (subject to hydrolysis) is 1. The molecule has 0 aliphatic heterocycles. The Bertz CT molecular complexity index is 1100. The molecule has 0 fully saturated rings. The summed E-state index contributed by atoms with van der Waals surface area (Å²) in [6, 6.07) is 13.8. The molecular formula is C25H27F3N2O5. The van der Waals surface area contributed by atoms with Crippen molar-refractivity contribution in [3.8, 4) is 11.1 Å². The molecule has 188 valence electrons. The number of nitrogens with one attached hydrogen (secondary N) is 2. The van der Waals surface area contributed by atoms with Crippen molar-refractivity contribution in [3.05, 3.63) is 59.7 Å². The molecule has 0 bridgehead atoms. The summed E-state index contributed by atoms with van der Waals surface area (Å²) < 4.78 is 45.5. The maximum Gasteiger partial charge on any atom is 0.422 e. The SMILES string of the molecule is CC(C)(C)[C@H](NC(=O)OCC1c2ccccc2-c2ccccc21)C(=O)NC(C)(C(=O)O)C(F)(F)F. The van der Waals surface area contributed by atoms with Crippen LogP contribution in [-0.2, 0) is 14.3 Å². The van der Waals surface area contributed by atoms with Crippen LogP contribution in [0.1, 0.15) is 44.7 Å². The first-order chi connectivity index (χ1) is 16.2. The average Bonchev–Trinajstić information content (AvgIpc) is 3.08. The Kier molecular flexibility index (Phi) is 6.88. The Morgan fingerprint density at radius 3 is 1.86 bits per heavy atom. The Balaban J connectivity index is 1.75. The average molecular weight is 492 g/mol. The highest BCUT2D eigenvalue weighted by atomic mass is 19.4. The number of ether oxygens (including phenoxy) is 1. The summed E-state index contributed by atoms with van der Waals surface area (Å²) in [5.74, 6) is -3.82. The van der Waals surface area contributed by atoms with E-state index in [9.17, 15) is 27.6 Å². The number of alkyl halides is 3. The van der Waals surface area contributed by atoms with Gasteiger partial charge in [0.15, 0.2) is 0 Å². The second kappa shape index (κ2) is 9.24. The van der Waals surface area contributed by atoms with Gasteiger partial charge in [0.05, 0.1) is 0 Å². The zero-order chi connectivity index (χ0) is 26.2. The van der Waals surface area contributed by atoms with E-state index in [0.29, 0.717) is 6.92 Å². The van der Waals surface area contributed by atoms with Gasteiger partial charge in [-0.3, -0.25) is 4.79 Å². The van der Waals surface area contributed by atoms with Crippen molar-refractivity contribution < 1.29 is 37.4 Å². The molecular weight excluding hydrogens is 465 g/mol. The van der Waals surface area contributed by atoms with Crippen LogP contribution in [0.5, 0.6) is 0 Å². The first kappa shape index (κ1) is 26.1. The van der Waals surface area contributed by atoms with Gasteiger partial charge in [0.25, 0.3) is 0 Å². The van der Waals surface area contributed by atoms with Crippen molar-refractivity contribution >= 4 is 18.0 Å². The first-order valence-electron chi connectivity index (χ1n) is 10.9. The molecule has 3 N–H and O–H groups in total. The van der Waals surface area contributed by atoms with Crippen LogP contribution in [0.4, 0.5) is 18.0 Å². The second-order valence-electron chi connectivity index (χ2n) is 9.69. The number of hydrogen-bond acceptors (Lipinski definition) is 4. The number of benzene rings is 2. The van der Waals surface area contributed by atoms with E-state index in [1.165, 1.54) is 26.1 Å². The summed E-state index contributed by atoms with van der Waals surface area (Å²) in [5, 5.41) is 12.9. The van der Waals surface area contributed by atoms with Crippen molar-refractivity contribution in [2.45, 2.75) is 51.4 Å². The van der Waals surface area contributed by atoms with Crippen LogP contribution in [0, 0.1) is 5.41 Å². The standard InChI is InChI=1S/C25H27F3N2O5/c1-23(2,3)19(20(31)30-24(4,21(32)33)25(26,27)28)29-22(34)35-13-18-16-11-7-5-9-14(16)15-10-6-8-12-17(15)18/h5-12,18-19H,13H2,1-4H3,(H,29,34)(H,30,31)(H,32,33)/t19-,24?/m1/s1. The number of carbonyl (C=O) groups excluding carboxylic acids is 2. The Morgan fingerprint density at radius 2 is 1.43 bits per heavy atom. The number of rotatable bonds is 6. The number of aliphatic carboxylic acids is 1. The van der Waals surface area contributed by atoms with E-state index >= 15 is 0 Å². The molecule has 7 nitrogen and oxygen atoms in total. The van der Waals surface area contributed by atoms with Crippen LogP contribution < -0.4 is 10.6 Å². The van der Waals surface area contributed by atoms with Crippen molar-refractivity contribution in [1.82, 2.24) is 10.6 Å². The molecule has 1 unspecified atom stereocenters. The number of halogens is 3. The van der Waals surface area contributed by atoms with Gasteiger partial charge in [-0.1, -0.05) is 69.3 Å². The van der Waals surface area contributed by atoms with Crippen LogP contribution >= 0.6 is 0 Å². The van der Waals surface area contributed by atoms with E-state index in [0.717, 1.165) is 22.3 Å². The molecule has 2 amide bonds. The van der Waals surface area contributed by atoms with Gasteiger partial charge in [0.1, 0.15) is 12.6 Å². The largest absolute Gasteiger partial charge is 0.479 e. The predicted octanol–water partition coefficient (Wildman–Crippen LogP) is 4.46. The third-order valence-corrected chi connectivity index (χ3v) is 6.10. The van der Waals surface area contributed by atoms with Crippen molar-refractivity contribution in [1.29, 1.82) is 0 Å². The minimum atomic E-state index is -5.26. The third kappa shape index (κ3) is 5.11. The second-order valence-corrected chi connectivity index (χ2v) is 9.69. The van der Waals surface area contributed by atoms with Crippen LogP contribution in [0.3, 0.4) is 0 Å². The van der Waals surface area contributed by atoms with Crippen LogP contribution in [-0.4, -0.2) is 47.4 Å². The maximum atomic E-state index is 13.4. The lowest BCUT2D eigenvalue weighted by atomic mass is 9.85. The lowest BCUT2D eigenvalue weighted by molar-refractivity contribution is -0.207. The first-order valence-corrected chi connectivity index (χ1v) is 10.9. The molecule has 0 spiro atoms. The van der Waals surface area contributed by atoms with Gasteiger partial charge in [-0.05, 0) is 34.6 Å². The fourth-order valence-electron chi connectivity index (χ4n) is 4.00. The van der Waals surface area contributed by atoms with Crippen molar-refractivity contribution in [2.75, 3.05) is 6.61 Å². The molecule has 2 aromatic rings. The predicted molar refractivity (Wildman–Crippen MR) is 122 cm³/mol. The number of fused-ring (bicyclic) bond motifs is 3. The fourth-order valence-corrected chi connectivity index (χ4v) is 4.00. The molecule has 0 saturated carbocycles. The minimum Gasteiger partial charge on any atom is -0.479 e. The van der Waals surface area contributed by atoms with Crippen LogP contribution in [0.25, 0.3) is 11.1 Å². The summed E-state index contributed by atoms with van der Waals surface area (Å²) in [4.78, 5) is 36.7. The van der Waals surface area contributed by atoms with Gasteiger partial charge in [-0.2, -0.15) is 13.2 Å². The molecule has 1 aliphatic carbocycles. The number of hydrogen-bond donors (Lipinski definition) is 3. The van der Waals surface area contributed by atoms with Gasteiger partial charge in [0.2, 0.25) is 11.4 Å². The minimum absolute atomic E-state index is 0.0618. The Hall–Kier alpha value is -3.56. The fraction of sp³-hybridized carbons (Fsp3) is 0.400. The number of carboxylic acids is 1. The third-order valence-electron chi connectivity index (χ3n) is 6.10.